The molecule has 7 heteroatoms. The molecule has 3 aromatic carbocycles. The fourth-order valence-corrected chi connectivity index (χ4v) is 6.18. The van der Waals surface area contributed by atoms with E-state index in [0.717, 1.165) is 29.9 Å². The first-order valence-electron chi connectivity index (χ1n) is 13.6. The van der Waals surface area contributed by atoms with E-state index < -0.39 is 17.7 Å². The van der Waals surface area contributed by atoms with Gasteiger partial charge in [-0.15, -0.1) is 0 Å². The number of fused-ring (bicyclic) bond motifs is 1. The zero-order chi connectivity index (χ0) is 26.4. The predicted octanol–water partition coefficient (Wildman–Crippen LogP) is 6.54. The molecule has 3 aromatic rings. The Morgan fingerprint density at radius 1 is 0.974 bits per heavy atom. The smallest absolute Gasteiger partial charge is 0.133 e. The number of nitrogens with one attached hydrogen (secondary N) is 1. The second-order valence-corrected chi connectivity index (χ2v) is 11.1. The van der Waals surface area contributed by atoms with E-state index in [1.807, 2.05) is 0 Å². The molecule has 1 aliphatic carbocycles. The van der Waals surface area contributed by atoms with Gasteiger partial charge in [0.15, 0.2) is 0 Å². The minimum atomic E-state index is -0.671. The van der Waals surface area contributed by atoms with Crippen LogP contribution in [-0.4, -0.2) is 48.4 Å². The molecule has 4 nitrogen and oxygen atoms in total. The number of phenolic OH excluding ortho intramolecular Hbond substituents is 1. The van der Waals surface area contributed by atoms with Crippen LogP contribution >= 0.6 is 0 Å². The molecule has 2 N–H and O–H groups in total. The number of aromatic hydroxyl groups is 1. The average molecular weight is 522 g/mol. The Bertz CT molecular complexity index is 1280. The van der Waals surface area contributed by atoms with E-state index in [-0.39, 0.29) is 30.1 Å². The lowest BCUT2D eigenvalue weighted by atomic mass is 9.84. The summed E-state index contributed by atoms with van der Waals surface area (Å²) in [6.45, 7) is 3.88. The molecule has 0 amide bonds. The number of phenols is 1. The van der Waals surface area contributed by atoms with Crippen LogP contribution in [0.2, 0.25) is 0 Å². The lowest BCUT2D eigenvalue weighted by Gasteiger charge is -2.44. The first kappa shape index (κ1) is 25.1. The van der Waals surface area contributed by atoms with Crippen LogP contribution in [0.5, 0.6) is 5.75 Å². The predicted molar refractivity (Wildman–Crippen MR) is 145 cm³/mol. The normalized spacial score (nSPS) is 21.7. The molecule has 0 bridgehead atoms. The molecule has 0 aromatic heterocycles. The van der Waals surface area contributed by atoms with Crippen LogP contribution in [0.15, 0.2) is 54.6 Å². The van der Waals surface area contributed by atoms with Crippen molar-refractivity contribution in [2.75, 3.05) is 36.5 Å². The van der Waals surface area contributed by atoms with Gasteiger partial charge >= 0.3 is 0 Å². The van der Waals surface area contributed by atoms with Gasteiger partial charge in [-0.05, 0) is 91.6 Å². The van der Waals surface area contributed by atoms with Crippen molar-refractivity contribution in [2.45, 2.75) is 56.7 Å². The largest absolute Gasteiger partial charge is 0.508 e. The van der Waals surface area contributed by atoms with Gasteiger partial charge < -0.3 is 15.3 Å². The van der Waals surface area contributed by atoms with Crippen LogP contribution in [0.25, 0.3) is 0 Å². The molecule has 2 aliphatic heterocycles. The third-order valence-corrected chi connectivity index (χ3v) is 8.22. The Morgan fingerprint density at radius 3 is 2.34 bits per heavy atom. The number of anilines is 2. The highest BCUT2D eigenvalue weighted by Crippen LogP contribution is 2.45. The average Bonchev–Trinajstić information content (AvgIpc) is 3.70. The summed E-state index contributed by atoms with van der Waals surface area (Å²) in [5, 5.41) is 13.4. The van der Waals surface area contributed by atoms with Gasteiger partial charge in [0.2, 0.25) is 0 Å². The van der Waals surface area contributed by atoms with Crippen molar-refractivity contribution >= 4 is 11.4 Å². The molecule has 1 saturated carbocycles. The first-order chi connectivity index (χ1) is 18.4. The third-order valence-electron chi connectivity index (χ3n) is 8.22. The monoisotopic (exact) mass is 521 g/mol. The van der Waals surface area contributed by atoms with Gasteiger partial charge in [0.25, 0.3) is 0 Å². The standard InChI is InChI=1S/C31H34F3N3O/c1-19-13-22-14-26(38)9-10-27(22)31(37(19)25-7-5-21(6-8-25)20-3-4-20)30-28(33)15-23(16-29(30)34)35-24-17-36(18-24)12-2-11-32/h5-10,14-16,19-20,24,31,35,38H,2-4,11-13,17-18H2,1H3. The molecule has 0 radical (unpaired) electrons. The van der Waals surface area contributed by atoms with E-state index in [4.69, 9.17) is 0 Å². The van der Waals surface area contributed by atoms with E-state index >= 15 is 8.78 Å². The van der Waals surface area contributed by atoms with Gasteiger partial charge in [-0.1, -0.05) is 18.2 Å². The van der Waals surface area contributed by atoms with E-state index in [2.05, 4.69) is 46.3 Å². The van der Waals surface area contributed by atoms with Gasteiger partial charge in [-0.25, -0.2) is 8.78 Å². The number of rotatable bonds is 8. The molecule has 200 valence electrons. The molecule has 1 saturated heterocycles. The van der Waals surface area contributed by atoms with Crippen LogP contribution in [0.4, 0.5) is 24.5 Å². The summed E-state index contributed by atoms with van der Waals surface area (Å²) in [5.74, 6) is -0.417. The summed E-state index contributed by atoms with van der Waals surface area (Å²) in [4.78, 5) is 4.24. The highest BCUT2D eigenvalue weighted by Gasteiger charge is 2.37. The SMILES string of the molecule is CC1Cc2cc(O)ccc2C(c2c(F)cc(NC3CN(CCCF)C3)cc2F)N1c1ccc(C2CC2)cc1. The Hall–Kier alpha value is -3.19. The van der Waals surface area contributed by atoms with E-state index in [1.165, 1.54) is 30.5 Å². The lowest BCUT2D eigenvalue weighted by molar-refractivity contribution is 0.155. The van der Waals surface area contributed by atoms with Crippen molar-refractivity contribution < 1.29 is 18.3 Å². The number of halogens is 3. The Kier molecular flexibility index (Phi) is 6.72. The Morgan fingerprint density at radius 2 is 1.68 bits per heavy atom. The molecule has 0 spiro atoms. The maximum absolute atomic E-state index is 15.9. The summed E-state index contributed by atoms with van der Waals surface area (Å²) < 4.78 is 44.2. The second-order valence-electron chi connectivity index (χ2n) is 11.1. The summed E-state index contributed by atoms with van der Waals surface area (Å²) in [6, 6.07) is 15.6. The second kappa shape index (κ2) is 10.2. The summed E-state index contributed by atoms with van der Waals surface area (Å²) in [6.07, 6.45) is 3.59. The maximum atomic E-state index is 15.9. The van der Waals surface area contributed by atoms with Crippen molar-refractivity contribution in [1.82, 2.24) is 4.90 Å². The van der Waals surface area contributed by atoms with Crippen molar-refractivity contribution in [2.24, 2.45) is 0 Å². The topological polar surface area (TPSA) is 38.7 Å². The molecule has 2 unspecified atom stereocenters. The Labute approximate surface area is 222 Å². The van der Waals surface area contributed by atoms with Crippen LogP contribution in [-0.2, 0) is 6.42 Å². The van der Waals surface area contributed by atoms with E-state index in [0.29, 0.717) is 31.0 Å². The molecule has 2 heterocycles. The molecule has 6 rings (SSSR count). The van der Waals surface area contributed by atoms with Crippen molar-refractivity contribution in [1.29, 1.82) is 0 Å². The first-order valence-corrected chi connectivity index (χ1v) is 13.6. The summed E-state index contributed by atoms with van der Waals surface area (Å²) in [7, 11) is 0. The molecular weight excluding hydrogens is 487 g/mol. The number of nitrogens with zero attached hydrogens (tertiary/aromatic N) is 2. The fourth-order valence-electron chi connectivity index (χ4n) is 6.18. The summed E-state index contributed by atoms with van der Waals surface area (Å²) in [5.41, 5.74) is 4.36. The van der Waals surface area contributed by atoms with Crippen LogP contribution in [0, 0.1) is 11.6 Å². The lowest BCUT2D eigenvalue weighted by Crippen LogP contribution is -2.54. The zero-order valence-corrected chi connectivity index (χ0v) is 21.6. The van der Waals surface area contributed by atoms with Crippen molar-refractivity contribution in [3.8, 4) is 5.75 Å². The van der Waals surface area contributed by atoms with Crippen molar-refractivity contribution in [3.63, 3.8) is 0 Å². The van der Waals surface area contributed by atoms with Gasteiger partial charge in [-0.3, -0.25) is 9.29 Å². The molecule has 2 fully saturated rings. The zero-order valence-electron chi connectivity index (χ0n) is 21.6. The molecular formula is C31H34F3N3O. The number of hydrogen-bond donors (Lipinski definition) is 2. The molecule has 3 aliphatic rings. The fraction of sp³-hybridized carbons (Fsp3) is 0.419. The van der Waals surface area contributed by atoms with E-state index in [9.17, 15) is 9.50 Å². The minimum absolute atomic E-state index is 0.0125. The van der Waals surface area contributed by atoms with Gasteiger partial charge in [0, 0.05) is 37.1 Å². The van der Waals surface area contributed by atoms with Gasteiger partial charge in [-0.2, -0.15) is 0 Å². The number of alkyl halides is 1. The number of benzene rings is 3. The van der Waals surface area contributed by atoms with E-state index in [1.54, 1.807) is 18.2 Å². The Balaban J connectivity index is 1.33. The molecule has 38 heavy (non-hydrogen) atoms. The minimum Gasteiger partial charge on any atom is -0.508 e. The van der Waals surface area contributed by atoms with Crippen molar-refractivity contribution in [3.05, 3.63) is 88.5 Å². The molecule has 2 atom stereocenters. The summed E-state index contributed by atoms with van der Waals surface area (Å²) >= 11 is 0. The highest BCUT2D eigenvalue weighted by molar-refractivity contribution is 5.60. The quantitative estimate of drug-likeness (QED) is 0.353. The van der Waals surface area contributed by atoms with Crippen LogP contribution < -0.4 is 10.2 Å². The third kappa shape index (κ3) is 4.84. The van der Waals surface area contributed by atoms with Crippen LogP contribution in [0.3, 0.4) is 0 Å². The van der Waals surface area contributed by atoms with Gasteiger partial charge in [0.1, 0.15) is 17.4 Å². The highest BCUT2D eigenvalue weighted by atomic mass is 19.1. The van der Waals surface area contributed by atoms with Gasteiger partial charge in [0.05, 0.1) is 24.3 Å². The maximum Gasteiger partial charge on any atom is 0.133 e. The van der Waals surface area contributed by atoms with Crippen LogP contribution in [0.1, 0.15) is 60.4 Å². The number of hydrogen-bond acceptors (Lipinski definition) is 4. The number of likely N-dealkylation sites (tertiary alicyclic amines) is 1.